The van der Waals surface area contributed by atoms with Gasteiger partial charge >= 0.3 is 0 Å². The molecule has 1 N–H and O–H groups in total. The van der Waals surface area contributed by atoms with Crippen molar-refractivity contribution in [2.24, 2.45) is 7.05 Å². The van der Waals surface area contributed by atoms with Gasteiger partial charge in [0, 0.05) is 68.5 Å². The van der Waals surface area contributed by atoms with Crippen molar-refractivity contribution in [3.63, 3.8) is 0 Å². The number of benzene rings is 2. The van der Waals surface area contributed by atoms with Crippen LogP contribution in [-0.2, 0) is 34.7 Å². The van der Waals surface area contributed by atoms with Gasteiger partial charge in [-0.15, -0.1) is 0 Å². The molecule has 2 saturated heterocycles. The second-order valence-corrected chi connectivity index (χ2v) is 13.2. The Morgan fingerprint density at radius 2 is 1.73 bits per heavy atom. The number of carbonyl (C=O) groups excluding carboxylic acids is 1. The van der Waals surface area contributed by atoms with Gasteiger partial charge in [-0.05, 0) is 35.4 Å². The number of nitrogens with one attached hydrogen (secondary N) is 1. The number of hydrogen-bond donors (Lipinski definition) is 1. The van der Waals surface area contributed by atoms with Crippen LogP contribution in [0.4, 0.5) is 0 Å². The van der Waals surface area contributed by atoms with Crippen molar-refractivity contribution in [1.82, 2.24) is 19.7 Å². The molecule has 2 aliphatic heterocycles. The number of aromatic nitrogens is 1. The quantitative estimate of drug-likeness (QED) is 0.435. The lowest BCUT2D eigenvalue weighted by molar-refractivity contribution is 0.0342. The maximum atomic E-state index is 13.7. The molecule has 3 heterocycles. The zero-order chi connectivity index (χ0) is 29.0. The molecule has 0 radical (unpaired) electrons. The fourth-order valence-corrected chi connectivity index (χ4v) is 6.51. The SMILES string of the molecule is Cn1cc(C(=O)NCc2ccc(Cl)cc2)c(=O)c2cc(CN3CCOCC3)cc(C#CCN3CCS(=O)(=O)CC3)c21. The van der Waals surface area contributed by atoms with Crippen molar-refractivity contribution >= 4 is 38.2 Å². The van der Waals surface area contributed by atoms with E-state index in [4.69, 9.17) is 16.3 Å². The number of nitrogens with zero attached hydrogens (tertiary/aromatic N) is 3. The number of pyridine rings is 1. The van der Waals surface area contributed by atoms with E-state index in [9.17, 15) is 18.0 Å². The van der Waals surface area contributed by atoms with Crippen molar-refractivity contribution in [3.8, 4) is 11.8 Å². The first-order valence-corrected chi connectivity index (χ1v) is 15.8. The van der Waals surface area contributed by atoms with Gasteiger partial charge in [0.25, 0.3) is 5.91 Å². The van der Waals surface area contributed by atoms with Crippen LogP contribution in [0.15, 0.2) is 47.4 Å². The van der Waals surface area contributed by atoms with Gasteiger partial charge in [0.1, 0.15) is 5.56 Å². The summed E-state index contributed by atoms with van der Waals surface area (Å²) in [4.78, 5) is 31.1. The van der Waals surface area contributed by atoms with Crippen LogP contribution in [0.1, 0.15) is 27.0 Å². The molecule has 3 aromatic rings. The highest BCUT2D eigenvalue weighted by Crippen LogP contribution is 2.21. The fraction of sp³-hybridized carbons (Fsp3) is 0.400. The van der Waals surface area contributed by atoms with Crippen LogP contribution >= 0.6 is 11.6 Å². The predicted molar refractivity (Wildman–Crippen MR) is 160 cm³/mol. The molecule has 2 fully saturated rings. The number of sulfone groups is 1. The monoisotopic (exact) mass is 596 g/mol. The summed E-state index contributed by atoms with van der Waals surface area (Å²) in [6.07, 6.45) is 1.56. The molecule has 1 aromatic heterocycles. The highest BCUT2D eigenvalue weighted by Gasteiger charge is 2.21. The van der Waals surface area contributed by atoms with Crippen LogP contribution in [0.5, 0.6) is 0 Å². The Hall–Kier alpha value is -3.20. The lowest BCUT2D eigenvalue weighted by Gasteiger charge is -2.27. The summed E-state index contributed by atoms with van der Waals surface area (Å²) < 4.78 is 30.8. The summed E-state index contributed by atoms with van der Waals surface area (Å²) in [6, 6.07) is 11.0. The molecule has 216 valence electrons. The minimum Gasteiger partial charge on any atom is -0.379 e. The van der Waals surface area contributed by atoms with E-state index in [1.54, 1.807) is 29.9 Å². The topological polar surface area (TPSA) is 101 Å². The van der Waals surface area contributed by atoms with Crippen molar-refractivity contribution in [1.29, 1.82) is 0 Å². The average Bonchev–Trinajstić information content (AvgIpc) is 2.95. The average molecular weight is 597 g/mol. The summed E-state index contributed by atoms with van der Waals surface area (Å²) in [7, 11) is -1.16. The number of halogens is 1. The Balaban J connectivity index is 1.46. The van der Waals surface area contributed by atoms with Crippen molar-refractivity contribution in [3.05, 3.63) is 80.1 Å². The molecule has 11 heteroatoms. The highest BCUT2D eigenvalue weighted by atomic mass is 35.5. The highest BCUT2D eigenvalue weighted by molar-refractivity contribution is 7.91. The first-order valence-electron chi connectivity index (χ1n) is 13.6. The number of aryl methyl sites for hydroxylation is 1. The third-order valence-electron chi connectivity index (χ3n) is 7.42. The summed E-state index contributed by atoms with van der Waals surface area (Å²) in [5.41, 5.74) is 2.87. The number of fused-ring (bicyclic) bond motifs is 1. The minimum absolute atomic E-state index is 0.0610. The number of amides is 1. The zero-order valence-corrected chi connectivity index (χ0v) is 24.6. The Morgan fingerprint density at radius 1 is 1.02 bits per heavy atom. The molecule has 0 bridgehead atoms. The van der Waals surface area contributed by atoms with Crippen molar-refractivity contribution in [2.45, 2.75) is 13.1 Å². The zero-order valence-electron chi connectivity index (χ0n) is 23.0. The second kappa shape index (κ2) is 12.8. The summed E-state index contributed by atoms with van der Waals surface area (Å²) >= 11 is 5.96. The molecule has 9 nitrogen and oxygen atoms in total. The number of morpholine rings is 1. The lowest BCUT2D eigenvalue weighted by atomic mass is 10.0. The summed E-state index contributed by atoms with van der Waals surface area (Å²) in [6.45, 7) is 5.16. The van der Waals surface area contributed by atoms with Gasteiger partial charge in [-0.2, -0.15) is 0 Å². The van der Waals surface area contributed by atoms with Gasteiger partial charge in [0.15, 0.2) is 9.84 Å². The van der Waals surface area contributed by atoms with E-state index in [0.717, 1.165) is 24.2 Å². The first kappa shape index (κ1) is 29.3. The van der Waals surface area contributed by atoms with Gasteiger partial charge in [-0.3, -0.25) is 19.4 Å². The molecular weight excluding hydrogens is 564 g/mol. The Labute approximate surface area is 244 Å². The molecule has 0 unspecified atom stereocenters. The van der Waals surface area contributed by atoms with Crippen molar-refractivity contribution in [2.75, 3.05) is 57.4 Å². The molecule has 2 aromatic carbocycles. The molecule has 41 heavy (non-hydrogen) atoms. The van der Waals surface area contributed by atoms with Crippen LogP contribution < -0.4 is 10.7 Å². The van der Waals surface area contributed by atoms with E-state index in [2.05, 4.69) is 22.1 Å². The predicted octanol–water partition coefficient (Wildman–Crippen LogP) is 2.04. The molecule has 1 amide bonds. The molecule has 0 spiro atoms. The Kier molecular flexibility index (Phi) is 9.12. The third-order valence-corrected chi connectivity index (χ3v) is 9.28. The summed E-state index contributed by atoms with van der Waals surface area (Å²) in [5, 5.41) is 3.89. The molecule has 2 aliphatic rings. The van der Waals surface area contributed by atoms with Gasteiger partial charge in [-0.25, -0.2) is 8.42 Å². The third kappa shape index (κ3) is 7.36. The van der Waals surface area contributed by atoms with E-state index in [1.165, 1.54) is 0 Å². The normalized spacial score (nSPS) is 17.6. The van der Waals surface area contributed by atoms with Gasteiger partial charge in [-0.1, -0.05) is 35.6 Å². The van der Waals surface area contributed by atoms with Crippen LogP contribution in [0.25, 0.3) is 10.9 Å². The fourth-order valence-electron chi connectivity index (χ4n) is 5.11. The van der Waals surface area contributed by atoms with Crippen LogP contribution in [0, 0.1) is 11.8 Å². The van der Waals surface area contributed by atoms with Crippen LogP contribution in [0.3, 0.4) is 0 Å². The first-order chi connectivity index (χ1) is 19.7. The molecule has 5 rings (SSSR count). The molecule has 0 atom stereocenters. The Morgan fingerprint density at radius 3 is 2.44 bits per heavy atom. The van der Waals surface area contributed by atoms with Crippen LogP contribution in [0.2, 0.25) is 5.02 Å². The van der Waals surface area contributed by atoms with Crippen molar-refractivity contribution < 1.29 is 17.9 Å². The maximum Gasteiger partial charge on any atom is 0.257 e. The number of ether oxygens (including phenoxy) is 1. The van der Waals surface area contributed by atoms with Gasteiger partial charge in [0.2, 0.25) is 5.43 Å². The standard InChI is InChI=1S/C30H33ClN4O5S/c1-33-21-27(30(37)32-19-22-4-6-25(31)7-5-22)29(36)26-18-23(20-35-9-13-40-14-10-35)17-24(28(26)33)3-2-8-34-11-15-41(38,39)16-12-34/h4-7,17-18,21H,8-16,19-20H2,1H3,(H,32,37). The second-order valence-electron chi connectivity index (χ2n) is 10.4. The molecular formula is C30H33ClN4O5S. The number of hydrogen-bond acceptors (Lipinski definition) is 7. The minimum atomic E-state index is -2.96. The van der Waals surface area contributed by atoms with E-state index in [1.807, 2.05) is 29.2 Å². The van der Waals surface area contributed by atoms with E-state index in [0.29, 0.717) is 60.9 Å². The Bertz CT molecular complexity index is 1660. The van der Waals surface area contributed by atoms with E-state index < -0.39 is 15.7 Å². The smallest absolute Gasteiger partial charge is 0.257 e. The van der Waals surface area contributed by atoms with Gasteiger partial charge < -0.3 is 14.6 Å². The van der Waals surface area contributed by atoms with Gasteiger partial charge in [0.05, 0.1) is 36.8 Å². The van der Waals surface area contributed by atoms with Crippen LogP contribution in [-0.4, -0.2) is 86.1 Å². The maximum absolute atomic E-state index is 13.7. The summed E-state index contributed by atoms with van der Waals surface area (Å²) in [5.74, 6) is 6.27. The van der Waals surface area contributed by atoms with E-state index in [-0.39, 0.29) is 29.0 Å². The lowest BCUT2D eigenvalue weighted by Crippen LogP contribution is -2.40. The molecule has 0 saturated carbocycles. The number of carbonyl (C=O) groups is 1. The number of rotatable bonds is 6. The van der Waals surface area contributed by atoms with E-state index >= 15 is 0 Å². The largest absolute Gasteiger partial charge is 0.379 e. The molecule has 0 aliphatic carbocycles.